The highest BCUT2D eigenvalue weighted by atomic mass is 16.9. The number of amides is 1. The molecule has 0 saturated carbocycles. The Bertz CT molecular complexity index is 381. The lowest BCUT2D eigenvalue weighted by atomic mass is 9.93. The first kappa shape index (κ1) is 17.2. The van der Waals surface area contributed by atoms with Gasteiger partial charge in [-0.3, -0.25) is 9.59 Å². The Hall–Kier alpha value is -1.90. The zero-order valence-corrected chi connectivity index (χ0v) is 11.8. The minimum absolute atomic E-state index is 0.0824. The maximum Gasteiger partial charge on any atom is 0.320 e. The second-order valence-corrected chi connectivity index (χ2v) is 5.15. The second-order valence-electron chi connectivity index (χ2n) is 5.15. The van der Waals surface area contributed by atoms with Crippen LogP contribution in [0.1, 0.15) is 32.1 Å². The molecule has 1 aliphatic rings. The molecule has 0 spiro atoms. The fourth-order valence-corrected chi connectivity index (χ4v) is 2.33. The van der Waals surface area contributed by atoms with Gasteiger partial charge in [0, 0.05) is 19.5 Å². The van der Waals surface area contributed by atoms with Crippen LogP contribution in [0.25, 0.3) is 0 Å². The molecule has 120 valence electrons. The molecule has 0 bridgehead atoms. The lowest BCUT2D eigenvalue weighted by Crippen LogP contribution is -2.40. The monoisotopic (exact) mass is 303 g/mol. The summed E-state index contributed by atoms with van der Waals surface area (Å²) in [6, 6.07) is -1.01. The Kier molecular flexibility index (Phi) is 6.86. The van der Waals surface area contributed by atoms with Gasteiger partial charge in [0.25, 0.3) is 5.09 Å². The minimum Gasteiger partial charge on any atom is -0.480 e. The van der Waals surface area contributed by atoms with Gasteiger partial charge >= 0.3 is 5.97 Å². The number of rotatable bonds is 8. The Balaban J connectivity index is 2.21. The highest BCUT2D eigenvalue weighted by Gasteiger charge is 2.23. The smallest absolute Gasteiger partial charge is 0.320 e. The molecule has 0 aromatic rings. The third kappa shape index (κ3) is 6.39. The van der Waals surface area contributed by atoms with E-state index in [1.165, 1.54) is 0 Å². The first-order valence-corrected chi connectivity index (χ1v) is 6.93. The summed E-state index contributed by atoms with van der Waals surface area (Å²) < 4.78 is 0. The van der Waals surface area contributed by atoms with Crippen LogP contribution in [0.5, 0.6) is 0 Å². The summed E-state index contributed by atoms with van der Waals surface area (Å²) in [4.78, 5) is 38.5. The molecule has 1 fully saturated rings. The molecule has 1 heterocycles. The van der Waals surface area contributed by atoms with Crippen molar-refractivity contribution in [2.24, 2.45) is 11.7 Å². The van der Waals surface area contributed by atoms with Crippen molar-refractivity contribution in [1.82, 2.24) is 4.90 Å². The van der Waals surface area contributed by atoms with E-state index in [9.17, 15) is 19.7 Å². The topological polar surface area (TPSA) is 136 Å². The minimum atomic E-state index is -1.10. The van der Waals surface area contributed by atoms with Gasteiger partial charge in [0.1, 0.15) is 6.04 Å². The van der Waals surface area contributed by atoms with Crippen LogP contribution in [0.4, 0.5) is 0 Å². The number of nitrogens with zero attached hydrogens (tertiary/aromatic N) is 2. The van der Waals surface area contributed by atoms with Crippen LogP contribution in [-0.4, -0.2) is 52.7 Å². The number of nitrogens with two attached hydrogens (primary N) is 1. The summed E-state index contributed by atoms with van der Waals surface area (Å²) in [5.74, 6) is -0.880. The Morgan fingerprint density at radius 2 is 2.05 bits per heavy atom. The Morgan fingerprint density at radius 1 is 1.43 bits per heavy atom. The van der Waals surface area contributed by atoms with Crippen molar-refractivity contribution in [2.45, 2.75) is 38.1 Å². The molecule has 0 radical (unpaired) electrons. The van der Waals surface area contributed by atoms with E-state index in [2.05, 4.69) is 4.84 Å². The second kappa shape index (κ2) is 8.40. The largest absolute Gasteiger partial charge is 0.480 e. The molecule has 21 heavy (non-hydrogen) atoms. The summed E-state index contributed by atoms with van der Waals surface area (Å²) in [6.07, 6.45) is 2.41. The molecule has 1 saturated heterocycles. The van der Waals surface area contributed by atoms with Crippen LogP contribution in [0.3, 0.4) is 0 Å². The van der Waals surface area contributed by atoms with Crippen LogP contribution in [0, 0.1) is 16.0 Å². The molecule has 3 N–H and O–H groups in total. The van der Waals surface area contributed by atoms with Gasteiger partial charge in [-0.15, -0.1) is 10.1 Å². The van der Waals surface area contributed by atoms with Crippen molar-refractivity contribution in [1.29, 1.82) is 0 Å². The van der Waals surface area contributed by atoms with E-state index in [0.29, 0.717) is 25.4 Å². The van der Waals surface area contributed by atoms with Crippen LogP contribution < -0.4 is 5.73 Å². The van der Waals surface area contributed by atoms with Gasteiger partial charge in [-0.2, -0.15) is 0 Å². The maximum atomic E-state index is 11.9. The van der Waals surface area contributed by atoms with Crippen LogP contribution in [0.2, 0.25) is 0 Å². The predicted molar refractivity (Wildman–Crippen MR) is 71.7 cm³/mol. The van der Waals surface area contributed by atoms with Crippen molar-refractivity contribution < 1.29 is 24.6 Å². The molecule has 9 nitrogen and oxygen atoms in total. The van der Waals surface area contributed by atoms with Gasteiger partial charge in [0.05, 0.1) is 6.61 Å². The SMILES string of the molecule is NC(CCC(=O)N1CCC(CCO[N+](=O)[O-])CC1)C(=O)O. The lowest BCUT2D eigenvalue weighted by molar-refractivity contribution is -0.758. The average Bonchev–Trinajstić information content (AvgIpc) is 2.44. The molecular weight excluding hydrogens is 282 g/mol. The number of hydrogen-bond acceptors (Lipinski definition) is 6. The average molecular weight is 303 g/mol. The molecular formula is C12H21N3O6. The summed E-state index contributed by atoms with van der Waals surface area (Å²) in [7, 11) is 0. The van der Waals surface area contributed by atoms with E-state index in [0.717, 1.165) is 12.8 Å². The van der Waals surface area contributed by atoms with Gasteiger partial charge in [-0.1, -0.05) is 0 Å². The molecule has 0 aromatic heterocycles. The third-order valence-electron chi connectivity index (χ3n) is 3.68. The van der Waals surface area contributed by atoms with E-state index < -0.39 is 17.1 Å². The molecule has 9 heteroatoms. The molecule has 0 aromatic carbocycles. The molecule has 1 unspecified atom stereocenters. The van der Waals surface area contributed by atoms with Gasteiger partial charge < -0.3 is 20.6 Å². The fraction of sp³-hybridized carbons (Fsp3) is 0.833. The standard InChI is InChI=1S/C12H21N3O6/c13-10(12(17)18)1-2-11(16)14-6-3-9(4-7-14)5-8-21-15(19)20/h9-10H,1-8,13H2,(H,17,18). The quantitative estimate of drug-likeness (QED) is 0.476. The number of piperidine rings is 1. The van der Waals surface area contributed by atoms with Crippen LogP contribution in [0.15, 0.2) is 0 Å². The highest BCUT2D eigenvalue weighted by Crippen LogP contribution is 2.21. The van der Waals surface area contributed by atoms with Gasteiger partial charge in [0.2, 0.25) is 5.91 Å². The zero-order chi connectivity index (χ0) is 15.8. The van der Waals surface area contributed by atoms with Gasteiger partial charge in [0.15, 0.2) is 0 Å². The van der Waals surface area contributed by atoms with Crippen LogP contribution >= 0.6 is 0 Å². The molecule has 1 amide bonds. The van der Waals surface area contributed by atoms with E-state index in [1.807, 2.05) is 0 Å². The number of carbonyl (C=O) groups excluding carboxylic acids is 1. The van der Waals surface area contributed by atoms with E-state index in [1.54, 1.807) is 4.90 Å². The highest BCUT2D eigenvalue weighted by molar-refractivity contribution is 5.78. The summed E-state index contributed by atoms with van der Waals surface area (Å²) >= 11 is 0. The van der Waals surface area contributed by atoms with Gasteiger partial charge in [-0.05, 0) is 31.6 Å². The number of carbonyl (C=O) groups is 2. The maximum absolute atomic E-state index is 11.9. The van der Waals surface area contributed by atoms with E-state index in [4.69, 9.17) is 10.8 Å². The van der Waals surface area contributed by atoms with E-state index >= 15 is 0 Å². The molecule has 0 aliphatic carbocycles. The van der Waals surface area contributed by atoms with Crippen molar-refractivity contribution >= 4 is 11.9 Å². The molecule has 1 aliphatic heterocycles. The van der Waals surface area contributed by atoms with Gasteiger partial charge in [-0.25, -0.2) is 0 Å². The fourth-order valence-electron chi connectivity index (χ4n) is 2.33. The number of aliphatic carboxylic acids is 1. The van der Waals surface area contributed by atoms with Crippen molar-refractivity contribution in [3.8, 4) is 0 Å². The number of carboxylic acid groups (broad SMARTS) is 1. The first-order valence-electron chi connectivity index (χ1n) is 6.93. The summed E-state index contributed by atoms with van der Waals surface area (Å²) in [5.41, 5.74) is 5.36. The van der Waals surface area contributed by atoms with Crippen molar-refractivity contribution in [3.05, 3.63) is 10.1 Å². The first-order chi connectivity index (χ1) is 9.90. The molecule has 1 atom stereocenters. The normalized spacial score (nSPS) is 17.3. The predicted octanol–water partition coefficient (Wildman–Crippen LogP) is 0.0155. The number of carboxylic acids is 1. The van der Waals surface area contributed by atoms with Crippen molar-refractivity contribution in [2.75, 3.05) is 19.7 Å². The zero-order valence-electron chi connectivity index (χ0n) is 11.8. The number of hydrogen-bond donors (Lipinski definition) is 2. The van der Waals surface area contributed by atoms with Crippen LogP contribution in [-0.2, 0) is 14.4 Å². The summed E-state index contributed by atoms with van der Waals surface area (Å²) in [6.45, 7) is 1.26. The van der Waals surface area contributed by atoms with Crippen molar-refractivity contribution in [3.63, 3.8) is 0 Å². The van der Waals surface area contributed by atoms with E-state index in [-0.39, 0.29) is 25.4 Å². The summed E-state index contributed by atoms with van der Waals surface area (Å²) in [5, 5.41) is 17.9. The third-order valence-corrected chi connectivity index (χ3v) is 3.68. The lowest BCUT2D eigenvalue weighted by Gasteiger charge is -2.32. The Morgan fingerprint density at radius 3 is 2.57 bits per heavy atom. The molecule has 1 rings (SSSR count). The Labute approximate surface area is 122 Å². The number of likely N-dealkylation sites (tertiary alicyclic amines) is 1.